The minimum absolute atomic E-state index is 0.00772. The highest BCUT2D eigenvalue weighted by molar-refractivity contribution is 5.25. The molecule has 0 aliphatic heterocycles. The molecule has 0 aromatic heterocycles. The van der Waals surface area contributed by atoms with E-state index in [1.165, 1.54) is 161 Å². The molecule has 10 aliphatic carbocycles. The lowest BCUT2D eigenvalue weighted by Crippen LogP contribution is -2.54. The molecule has 0 spiro atoms. The molecule has 9 fully saturated rings. The summed E-state index contributed by atoms with van der Waals surface area (Å²) in [6, 6.07) is 0. The fourth-order valence-electron chi connectivity index (χ4n) is 21.1. The van der Waals surface area contributed by atoms with Gasteiger partial charge in [-0.1, -0.05) is 137 Å². The number of rotatable bonds is 9. The van der Waals surface area contributed by atoms with Crippen molar-refractivity contribution < 1.29 is 10.2 Å². The number of allylic oxidation sites excluding steroid dienone is 3. The van der Waals surface area contributed by atoms with Gasteiger partial charge in [0, 0.05) is 0 Å². The van der Waals surface area contributed by atoms with Crippen molar-refractivity contribution in [3.63, 3.8) is 0 Å². The zero-order valence-electron chi connectivity index (χ0n) is 43.4. The normalized spacial score (nSPS) is 50.9. The monoisotopic (exact) mass is 881 g/mol. The average molecular weight is 882 g/mol. The molecular weight excluding hydrogens is 777 g/mol. The van der Waals surface area contributed by atoms with Gasteiger partial charge in [-0.05, 0) is 239 Å². The van der Waals surface area contributed by atoms with E-state index < -0.39 is 0 Å². The summed E-state index contributed by atoms with van der Waals surface area (Å²) >= 11 is 0. The SMILES string of the molecule is CCC1CCCCC1/C=C/[C@@H](C)[C@H]1CC[C@H]2[C@@H]3CC=C4C[C@@H](O)CC[C@]4(C)[C@H]3CC[C@]12C.CCC1CCCCC1CC[C@@H](C)[C@H]1CC[C@H]2[C@@H]3CCC4C[C@@H](O)CC[C@]4(C)[C@H]3CC[C@]12C. The van der Waals surface area contributed by atoms with Crippen LogP contribution in [0.5, 0.6) is 0 Å². The van der Waals surface area contributed by atoms with Crippen LogP contribution in [0.4, 0.5) is 0 Å². The maximum absolute atomic E-state index is 10.3. The molecule has 0 aromatic rings. The lowest BCUT2D eigenvalue weighted by atomic mass is 9.44. The van der Waals surface area contributed by atoms with Crippen LogP contribution < -0.4 is 0 Å². The Bertz CT molecular complexity index is 1610. The standard InChI is InChI=1S/C31H54O.C31H50O/c2*1-5-22-8-6-7-9-23(22)11-10-21(2)27-14-15-28-26-13-12-24-20-25(32)16-18-30(24,3)29(26)17-19-31(27,28)4/h21-29,32H,5-20H2,1-4H3;10-12,21-23,25-29,32H,5-9,13-20H2,1-4H3/b;11-10+/t21-,22?,23?,24?,25+,26+,27-,28+,29+,30+,31-;21-,22?,23?,25+,26+,27-,28+,29+,30+,31-/m11/s1. The third kappa shape index (κ3) is 8.82. The van der Waals surface area contributed by atoms with Crippen molar-refractivity contribution in [2.75, 3.05) is 0 Å². The van der Waals surface area contributed by atoms with E-state index in [-0.39, 0.29) is 12.2 Å². The fourth-order valence-corrected chi connectivity index (χ4v) is 21.1. The molecule has 0 saturated heterocycles. The van der Waals surface area contributed by atoms with Gasteiger partial charge in [0.2, 0.25) is 0 Å². The lowest BCUT2D eigenvalue weighted by Gasteiger charge is -2.61. The van der Waals surface area contributed by atoms with Crippen molar-refractivity contribution in [2.45, 2.75) is 254 Å². The maximum Gasteiger partial charge on any atom is 0.0577 e. The van der Waals surface area contributed by atoms with Crippen LogP contribution in [0, 0.1) is 110 Å². The Morgan fingerprint density at radius 1 is 0.594 bits per heavy atom. The van der Waals surface area contributed by atoms with Crippen LogP contribution in [0.2, 0.25) is 0 Å². The highest BCUT2D eigenvalue weighted by atomic mass is 16.3. The van der Waals surface area contributed by atoms with E-state index in [0.717, 1.165) is 114 Å². The summed E-state index contributed by atoms with van der Waals surface area (Å²) in [5.74, 6) is 13.8. The van der Waals surface area contributed by atoms with Gasteiger partial charge in [0.05, 0.1) is 12.2 Å². The van der Waals surface area contributed by atoms with E-state index in [4.69, 9.17) is 0 Å². The zero-order valence-corrected chi connectivity index (χ0v) is 43.4. The Labute approximate surface area is 396 Å². The van der Waals surface area contributed by atoms with E-state index in [1.807, 2.05) is 0 Å². The molecule has 21 atom stereocenters. The van der Waals surface area contributed by atoms with Gasteiger partial charge in [-0.3, -0.25) is 0 Å². The van der Waals surface area contributed by atoms with Gasteiger partial charge < -0.3 is 10.2 Å². The van der Waals surface area contributed by atoms with Gasteiger partial charge in [0.15, 0.2) is 0 Å². The molecule has 2 N–H and O–H groups in total. The number of fused-ring (bicyclic) bond motifs is 10. The molecule has 9 saturated carbocycles. The predicted octanol–water partition coefficient (Wildman–Crippen LogP) is 17.0. The molecule has 0 radical (unpaired) electrons. The molecule has 10 rings (SSSR count). The first-order valence-electron chi connectivity index (χ1n) is 29.5. The van der Waals surface area contributed by atoms with Gasteiger partial charge in [-0.25, -0.2) is 0 Å². The van der Waals surface area contributed by atoms with E-state index in [9.17, 15) is 10.2 Å². The maximum atomic E-state index is 10.3. The van der Waals surface area contributed by atoms with E-state index in [0.29, 0.717) is 21.7 Å². The van der Waals surface area contributed by atoms with Crippen molar-refractivity contribution in [1.29, 1.82) is 0 Å². The van der Waals surface area contributed by atoms with E-state index in [2.05, 4.69) is 73.6 Å². The smallest absolute Gasteiger partial charge is 0.0577 e. The number of aliphatic hydroxyl groups is 2. The first-order valence-corrected chi connectivity index (χ1v) is 29.5. The molecular formula is C62H104O2. The molecule has 0 heterocycles. The van der Waals surface area contributed by atoms with Gasteiger partial charge in [0.1, 0.15) is 0 Å². The summed E-state index contributed by atoms with van der Waals surface area (Å²) in [4.78, 5) is 0. The minimum Gasteiger partial charge on any atom is -0.393 e. The van der Waals surface area contributed by atoms with Crippen molar-refractivity contribution in [2.24, 2.45) is 110 Å². The highest BCUT2D eigenvalue weighted by Crippen LogP contribution is 2.70. The first kappa shape index (κ1) is 48.4. The van der Waals surface area contributed by atoms with Gasteiger partial charge in [-0.15, -0.1) is 0 Å². The summed E-state index contributed by atoms with van der Waals surface area (Å²) in [5, 5.41) is 20.6. The van der Waals surface area contributed by atoms with Crippen LogP contribution in [-0.4, -0.2) is 22.4 Å². The van der Waals surface area contributed by atoms with Crippen molar-refractivity contribution in [1.82, 2.24) is 0 Å². The van der Waals surface area contributed by atoms with Crippen molar-refractivity contribution in [3.8, 4) is 0 Å². The van der Waals surface area contributed by atoms with E-state index in [1.54, 1.807) is 5.57 Å². The molecule has 0 aromatic carbocycles. The summed E-state index contributed by atoms with van der Waals surface area (Å²) in [7, 11) is 0. The largest absolute Gasteiger partial charge is 0.393 e. The Kier molecular flexibility index (Phi) is 14.9. The molecule has 10 aliphatic rings. The molecule has 2 heteroatoms. The lowest BCUT2D eigenvalue weighted by molar-refractivity contribution is -0.129. The van der Waals surface area contributed by atoms with Crippen LogP contribution in [0.3, 0.4) is 0 Å². The Hall–Kier alpha value is -0.600. The number of hydrogen-bond donors (Lipinski definition) is 2. The Morgan fingerprint density at radius 2 is 1.20 bits per heavy atom. The molecule has 5 unspecified atom stereocenters. The van der Waals surface area contributed by atoms with Crippen LogP contribution in [0.1, 0.15) is 242 Å². The summed E-state index contributed by atoms with van der Waals surface area (Å²) in [6.45, 7) is 20.7. The zero-order chi connectivity index (χ0) is 45.0. The molecule has 364 valence electrons. The number of hydrogen-bond acceptors (Lipinski definition) is 2. The van der Waals surface area contributed by atoms with Crippen molar-refractivity contribution in [3.05, 3.63) is 23.8 Å². The topological polar surface area (TPSA) is 40.5 Å². The van der Waals surface area contributed by atoms with E-state index >= 15 is 0 Å². The highest BCUT2D eigenvalue weighted by Gasteiger charge is 2.61. The minimum atomic E-state index is -0.0836. The van der Waals surface area contributed by atoms with Gasteiger partial charge in [-0.2, -0.15) is 0 Å². The average Bonchev–Trinajstić information content (AvgIpc) is 3.85. The van der Waals surface area contributed by atoms with Crippen LogP contribution in [-0.2, 0) is 0 Å². The third-order valence-corrected chi connectivity index (χ3v) is 24.9. The second-order valence-corrected chi connectivity index (χ2v) is 27.3. The quantitative estimate of drug-likeness (QED) is 0.227. The fraction of sp³-hybridized carbons (Fsp3) is 0.935. The first-order chi connectivity index (χ1) is 30.7. The second kappa shape index (κ2) is 19.7. The summed E-state index contributed by atoms with van der Waals surface area (Å²) in [6.07, 6.45) is 48.1. The van der Waals surface area contributed by atoms with Gasteiger partial charge >= 0.3 is 0 Å². The van der Waals surface area contributed by atoms with Crippen LogP contribution in [0.25, 0.3) is 0 Å². The Morgan fingerprint density at radius 3 is 1.95 bits per heavy atom. The number of aliphatic hydroxyl groups excluding tert-OH is 2. The molecule has 64 heavy (non-hydrogen) atoms. The van der Waals surface area contributed by atoms with Gasteiger partial charge in [0.25, 0.3) is 0 Å². The van der Waals surface area contributed by atoms with Crippen LogP contribution >= 0.6 is 0 Å². The third-order valence-electron chi connectivity index (χ3n) is 24.9. The van der Waals surface area contributed by atoms with Crippen LogP contribution in [0.15, 0.2) is 23.8 Å². The molecule has 2 nitrogen and oxygen atoms in total. The molecule has 0 amide bonds. The molecule has 0 bridgehead atoms. The Balaban J connectivity index is 0.000000162. The predicted molar refractivity (Wildman–Crippen MR) is 271 cm³/mol. The van der Waals surface area contributed by atoms with Crippen molar-refractivity contribution >= 4 is 0 Å². The summed E-state index contributed by atoms with van der Waals surface area (Å²) < 4.78 is 0. The summed E-state index contributed by atoms with van der Waals surface area (Å²) in [5.41, 5.74) is 3.68. The second-order valence-electron chi connectivity index (χ2n) is 27.3.